The van der Waals surface area contributed by atoms with Crippen LogP contribution in [-0.4, -0.2) is 36.6 Å². The zero-order valence-electron chi connectivity index (χ0n) is 14.9. The van der Waals surface area contributed by atoms with E-state index in [-0.39, 0.29) is 31.0 Å². The highest BCUT2D eigenvalue weighted by atomic mass is 35.5. The van der Waals surface area contributed by atoms with Crippen LogP contribution in [0, 0.1) is 5.92 Å². The molecular formula is C18H29ClN2O2S2. The summed E-state index contributed by atoms with van der Waals surface area (Å²) in [5.41, 5.74) is 7.03. The molecule has 1 aliphatic rings. The van der Waals surface area contributed by atoms with Crippen molar-refractivity contribution in [2.45, 2.75) is 37.3 Å². The Bertz CT molecular complexity index is 508. The van der Waals surface area contributed by atoms with Gasteiger partial charge in [0.25, 0.3) is 5.91 Å². The van der Waals surface area contributed by atoms with E-state index in [0.29, 0.717) is 17.0 Å². The maximum Gasteiger partial charge on any atom is 0.258 e. The number of amides is 1. The Labute approximate surface area is 165 Å². The monoisotopic (exact) mass is 404 g/mol. The van der Waals surface area contributed by atoms with Crippen molar-refractivity contribution in [3.63, 3.8) is 0 Å². The Morgan fingerprint density at radius 1 is 1.28 bits per heavy atom. The molecule has 1 unspecified atom stereocenters. The molecule has 1 atom stereocenters. The van der Waals surface area contributed by atoms with Gasteiger partial charge in [0.15, 0.2) is 6.61 Å². The molecule has 0 bridgehead atoms. The second-order valence-corrected chi connectivity index (χ2v) is 9.14. The summed E-state index contributed by atoms with van der Waals surface area (Å²) in [4.78, 5) is 12.0. The molecule has 1 saturated heterocycles. The van der Waals surface area contributed by atoms with Gasteiger partial charge in [-0.2, -0.15) is 0 Å². The first-order valence-corrected chi connectivity index (χ1v) is 10.6. The third-order valence-electron chi connectivity index (χ3n) is 3.75. The first kappa shape index (κ1) is 22.5. The number of benzene rings is 1. The lowest BCUT2D eigenvalue weighted by molar-refractivity contribution is -0.123. The van der Waals surface area contributed by atoms with Gasteiger partial charge >= 0.3 is 0 Å². The largest absolute Gasteiger partial charge is 0.484 e. The summed E-state index contributed by atoms with van der Waals surface area (Å²) < 4.78 is 6.12. The molecule has 1 heterocycles. The number of hydrogen-bond donors (Lipinski definition) is 2. The van der Waals surface area contributed by atoms with Gasteiger partial charge in [0.2, 0.25) is 0 Å². The minimum Gasteiger partial charge on any atom is -0.484 e. The van der Waals surface area contributed by atoms with Gasteiger partial charge in [-0.25, -0.2) is 0 Å². The molecule has 0 radical (unpaired) electrons. The zero-order valence-corrected chi connectivity index (χ0v) is 17.4. The van der Waals surface area contributed by atoms with Crippen LogP contribution in [0.4, 0.5) is 0 Å². The number of thioether (sulfide) groups is 2. The molecule has 1 aromatic carbocycles. The predicted octanol–water partition coefficient (Wildman–Crippen LogP) is 3.85. The molecule has 1 aliphatic heterocycles. The van der Waals surface area contributed by atoms with Crippen molar-refractivity contribution in [1.29, 1.82) is 0 Å². The van der Waals surface area contributed by atoms with Crippen molar-refractivity contribution in [1.82, 2.24) is 5.32 Å². The molecule has 3 N–H and O–H groups in total. The molecule has 0 aliphatic carbocycles. The van der Waals surface area contributed by atoms with Crippen LogP contribution in [-0.2, 0) is 4.79 Å². The topological polar surface area (TPSA) is 64.3 Å². The standard InChI is InChI=1S/C18H28N2O2S2.ClH/c1-13(2)10-15(11-19)20-17(21)12-22-16-6-4-14(5-7-16)18-23-8-3-9-24-18;/h4-7,13,15,18H,3,8-12,19H2,1-2H3,(H,20,21);1H. The summed E-state index contributed by atoms with van der Waals surface area (Å²) in [5, 5.41) is 2.94. The van der Waals surface area contributed by atoms with E-state index in [1.807, 2.05) is 35.7 Å². The van der Waals surface area contributed by atoms with Crippen LogP contribution >= 0.6 is 35.9 Å². The SMILES string of the molecule is CC(C)CC(CN)NC(=O)COc1ccc(C2SCCCS2)cc1.Cl. The van der Waals surface area contributed by atoms with Crippen LogP contribution in [0.2, 0.25) is 0 Å². The lowest BCUT2D eigenvalue weighted by Gasteiger charge is -2.21. The normalized spacial score (nSPS) is 16.2. The highest BCUT2D eigenvalue weighted by Gasteiger charge is 2.16. The van der Waals surface area contributed by atoms with E-state index in [4.69, 9.17) is 10.5 Å². The van der Waals surface area contributed by atoms with Gasteiger partial charge in [0.1, 0.15) is 5.75 Å². The van der Waals surface area contributed by atoms with Gasteiger partial charge in [-0.05, 0) is 48.0 Å². The minimum atomic E-state index is -0.117. The second kappa shape index (κ2) is 11.9. The Balaban J connectivity index is 0.00000312. The second-order valence-electron chi connectivity index (χ2n) is 6.41. The van der Waals surface area contributed by atoms with Crippen molar-refractivity contribution >= 4 is 41.8 Å². The molecule has 1 aromatic rings. The Kier molecular flexibility index (Phi) is 10.7. The first-order chi connectivity index (χ1) is 11.6. The molecule has 4 nitrogen and oxygen atoms in total. The molecule has 0 spiro atoms. The van der Waals surface area contributed by atoms with Gasteiger partial charge in [0.05, 0.1) is 4.58 Å². The molecule has 7 heteroatoms. The molecule has 2 rings (SSSR count). The number of nitrogens with one attached hydrogen (secondary N) is 1. The van der Waals surface area contributed by atoms with Crippen molar-refractivity contribution in [2.24, 2.45) is 11.7 Å². The van der Waals surface area contributed by atoms with E-state index in [0.717, 1.165) is 12.2 Å². The number of halogens is 1. The number of nitrogens with two attached hydrogens (primary N) is 1. The fraction of sp³-hybridized carbons (Fsp3) is 0.611. The Hall–Kier alpha value is -0.560. The van der Waals surface area contributed by atoms with Crippen LogP contribution in [0.3, 0.4) is 0 Å². The number of carbonyl (C=O) groups is 1. The molecular weight excluding hydrogens is 376 g/mol. The van der Waals surface area contributed by atoms with Crippen LogP contribution in [0.5, 0.6) is 5.75 Å². The Morgan fingerprint density at radius 2 is 1.92 bits per heavy atom. The molecule has 0 saturated carbocycles. The maximum atomic E-state index is 12.0. The van der Waals surface area contributed by atoms with Crippen LogP contribution < -0.4 is 15.8 Å². The summed E-state index contributed by atoms with van der Waals surface area (Å²) in [6.45, 7) is 4.72. The smallest absolute Gasteiger partial charge is 0.258 e. The molecule has 0 aromatic heterocycles. The Morgan fingerprint density at radius 3 is 2.48 bits per heavy atom. The zero-order chi connectivity index (χ0) is 17.4. The van der Waals surface area contributed by atoms with Crippen molar-refractivity contribution in [3.05, 3.63) is 29.8 Å². The van der Waals surface area contributed by atoms with E-state index in [1.54, 1.807) is 0 Å². The van der Waals surface area contributed by atoms with Crippen LogP contribution in [0.1, 0.15) is 36.8 Å². The quantitative estimate of drug-likeness (QED) is 0.689. The fourth-order valence-electron chi connectivity index (χ4n) is 2.60. The third-order valence-corrected chi connectivity index (χ3v) is 6.77. The third kappa shape index (κ3) is 8.11. The van der Waals surface area contributed by atoms with Gasteiger partial charge in [-0.1, -0.05) is 26.0 Å². The van der Waals surface area contributed by atoms with Gasteiger partial charge in [-0.15, -0.1) is 35.9 Å². The van der Waals surface area contributed by atoms with E-state index < -0.39 is 0 Å². The fourth-order valence-corrected chi connectivity index (χ4v) is 5.50. The lowest BCUT2D eigenvalue weighted by Crippen LogP contribution is -2.43. The van der Waals surface area contributed by atoms with Crippen LogP contribution in [0.15, 0.2) is 24.3 Å². The highest BCUT2D eigenvalue weighted by Crippen LogP contribution is 2.43. The summed E-state index contributed by atoms with van der Waals surface area (Å²) in [6.07, 6.45) is 2.18. The molecule has 1 amide bonds. The van der Waals surface area contributed by atoms with Crippen molar-refractivity contribution < 1.29 is 9.53 Å². The maximum absolute atomic E-state index is 12.0. The van der Waals surface area contributed by atoms with E-state index in [9.17, 15) is 4.79 Å². The van der Waals surface area contributed by atoms with E-state index in [1.165, 1.54) is 23.5 Å². The lowest BCUT2D eigenvalue weighted by atomic mass is 10.0. The van der Waals surface area contributed by atoms with Crippen LogP contribution in [0.25, 0.3) is 0 Å². The summed E-state index contributed by atoms with van der Waals surface area (Å²) in [5.74, 6) is 3.58. The average molecular weight is 405 g/mol. The number of rotatable bonds is 8. The van der Waals surface area contributed by atoms with E-state index in [2.05, 4.69) is 31.3 Å². The molecule has 25 heavy (non-hydrogen) atoms. The van der Waals surface area contributed by atoms with Gasteiger partial charge < -0.3 is 15.8 Å². The number of carbonyl (C=O) groups excluding carboxylic acids is 1. The summed E-state index contributed by atoms with van der Waals surface area (Å²) in [6, 6.07) is 8.12. The predicted molar refractivity (Wildman–Crippen MR) is 112 cm³/mol. The summed E-state index contributed by atoms with van der Waals surface area (Å²) >= 11 is 4.00. The van der Waals surface area contributed by atoms with Gasteiger partial charge in [0, 0.05) is 12.6 Å². The van der Waals surface area contributed by atoms with Crippen molar-refractivity contribution in [2.75, 3.05) is 24.7 Å². The first-order valence-electron chi connectivity index (χ1n) is 8.54. The minimum absolute atomic E-state index is 0. The van der Waals surface area contributed by atoms with Gasteiger partial charge in [-0.3, -0.25) is 4.79 Å². The molecule has 1 fully saturated rings. The number of hydrogen-bond acceptors (Lipinski definition) is 5. The number of ether oxygens (including phenoxy) is 1. The average Bonchev–Trinajstić information content (AvgIpc) is 2.60. The van der Waals surface area contributed by atoms with E-state index >= 15 is 0 Å². The van der Waals surface area contributed by atoms with Crippen molar-refractivity contribution in [3.8, 4) is 5.75 Å². The highest BCUT2D eigenvalue weighted by molar-refractivity contribution is 8.16. The molecule has 142 valence electrons. The summed E-state index contributed by atoms with van der Waals surface area (Å²) in [7, 11) is 0.